The molecule has 0 amide bonds. The molecule has 1 aliphatic heterocycles. The minimum absolute atomic E-state index is 0.811. The fourth-order valence-corrected chi connectivity index (χ4v) is 8.70. The van der Waals surface area contributed by atoms with Crippen LogP contribution in [0.5, 0.6) is 11.5 Å². The third-order valence-electron chi connectivity index (χ3n) is 10.9. The molecule has 52 heavy (non-hydrogen) atoms. The number of para-hydroxylation sites is 2. The van der Waals surface area contributed by atoms with E-state index in [2.05, 4.69) is 163 Å². The van der Waals surface area contributed by atoms with Gasteiger partial charge in [0.1, 0.15) is 11.3 Å². The number of rotatable bonds is 4. The smallest absolute Gasteiger partial charge is 0.153 e. The van der Waals surface area contributed by atoms with E-state index >= 15 is 0 Å². The maximum absolute atomic E-state index is 6.61. The van der Waals surface area contributed by atoms with Crippen LogP contribution in [0.4, 0.5) is 0 Å². The van der Waals surface area contributed by atoms with Gasteiger partial charge in [0.05, 0.1) is 11.2 Å². The number of aromatic nitrogens is 2. The van der Waals surface area contributed by atoms with Gasteiger partial charge >= 0.3 is 0 Å². The van der Waals surface area contributed by atoms with Crippen LogP contribution in [0, 0.1) is 0 Å². The van der Waals surface area contributed by atoms with E-state index in [9.17, 15) is 0 Å². The van der Waals surface area contributed by atoms with Gasteiger partial charge in [-0.15, -0.1) is 0 Å². The van der Waals surface area contributed by atoms with Crippen molar-refractivity contribution in [1.82, 2.24) is 9.55 Å². The number of imidazole rings is 1. The van der Waals surface area contributed by atoms with E-state index < -0.39 is 0 Å². The van der Waals surface area contributed by atoms with Crippen molar-refractivity contribution in [3.8, 4) is 50.6 Å². The Morgan fingerprint density at radius 1 is 0.481 bits per heavy atom. The summed E-state index contributed by atoms with van der Waals surface area (Å²) in [6, 6.07) is 59.5. The summed E-state index contributed by atoms with van der Waals surface area (Å²) in [5, 5.41) is 9.90. The lowest BCUT2D eigenvalue weighted by Gasteiger charge is -2.24. The molecule has 10 aromatic rings. The summed E-state index contributed by atoms with van der Waals surface area (Å²) in [6.07, 6.45) is 0.811. The first-order chi connectivity index (χ1) is 25.8. The molecule has 3 heteroatoms. The summed E-state index contributed by atoms with van der Waals surface area (Å²) in [5.41, 5.74) is 10.3. The lowest BCUT2D eigenvalue weighted by molar-refractivity contribution is 0.474. The van der Waals surface area contributed by atoms with Gasteiger partial charge in [0.2, 0.25) is 0 Å². The van der Waals surface area contributed by atoms with Crippen molar-refractivity contribution in [1.29, 1.82) is 0 Å². The van der Waals surface area contributed by atoms with Crippen LogP contribution in [-0.4, -0.2) is 9.55 Å². The van der Waals surface area contributed by atoms with E-state index in [-0.39, 0.29) is 0 Å². The van der Waals surface area contributed by atoms with Gasteiger partial charge in [0.15, 0.2) is 11.5 Å². The topological polar surface area (TPSA) is 27.1 Å². The van der Waals surface area contributed by atoms with Crippen LogP contribution in [0.15, 0.2) is 164 Å². The lowest BCUT2D eigenvalue weighted by Crippen LogP contribution is -2.08. The first kappa shape index (κ1) is 29.1. The van der Waals surface area contributed by atoms with Crippen molar-refractivity contribution < 1.29 is 4.74 Å². The van der Waals surface area contributed by atoms with Crippen LogP contribution in [0.25, 0.3) is 93.2 Å². The zero-order chi connectivity index (χ0) is 34.3. The highest BCUT2D eigenvalue weighted by molar-refractivity contribution is 6.25. The van der Waals surface area contributed by atoms with Crippen molar-refractivity contribution in [2.75, 3.05) is 0 Å². The molecule has 3 nitrogen and oxygen atoms in total. The maximum Gasteiger partial charge on any atom is 0.153 e. The summed E-state index contributed by atoms with van der Waals surface area (Å²) in [7, 11) is 0. The first-order valence-corrected chi connectivity index (χ1v) is 18.0. The molecule has 0 radical (unpaired) electrons. The second-order valence-corrected chi connectivity index (χ2v) is 13.7. The third kappa shape index (κ3) is 4.11. The van der Waals surface area contributed by atoms with Gasteiger partial charge in [0, 0.05) is 12.0 Å². The Balaban J connectivity index is 1.28. The summed E-state index contributed by atoms with van der Waals surface area (Å²) < 4.78 is 8.94. The molecule has 0 saturated carbocycles. The predicted octanol–water partition coefficient (Wildman–Crippen LogP) is 13.3. The number of benzene rings is 9. The predicted molar refractivity (Wildman–Crippen MR) is 217 cm³/mol. The monoisotopic (exact) mass is 664 g/mol. The van der Waals surface area contributed by atoms with Crippen LogP contribution < -0.4 is 4.74 Å². The molecule has 244 valence electrons. The Morgan fingerprint density at radius 3 is 1.71 bits per heavy atom. The summed E-state index contributed by atoms with van der Waals surface area (Å²) >= 11 is 0. The van der Waals surface area contributed by atoms with Gasteiger partial charge in [-0.25, -0.2) is 4.98 Å². The highest BCUT2D eigenvalue weighted by Crippen LogP contribution is 2.50. The average molecular weight is 665 g/mol. The molecule has 0 fully saturated rings. The van der Waals surface area contributed by atoms with Gasteiger partial charge in [-0.1, -0.05) is 146 Å². The Labute approximate surface area is 301 Å². The molecule has 0 bridgehead atoms. The molecule has 11 rings (SSSR count). The van der Waals surface area contributed by atoms with Crippen molar-refractivity contribution in [3.05, 3.63) is 170 Å². The average Bonchev–Trinajstić information content (AvgIpc) is 3.59. The number of fused-ring (bicyclic) bond motifs is 6. The first-order valence-electron chi connectivity index (χ1n) is 18.0. The fraction of sp³-hybridized carbons (Fsp3) is 0.0408. The van der Waals surface area contributed by atoms with Crippen LogP contribution in [0.1, 0.15) is 12.7 Å². The molecule has 0 spiro atoms. The number of hydrogen-bond donors (Lipinski definition) is 0. The minimum Gasteiger partial charge on any atom is -0.453 e. The maximum atomic E-state index is 6.61. The highest BCUT2D eigenvalue weighted by Gasteiger charge is 2.27. The molecule has 0 atom stereocenters. The van der Waals surface area contributed by atoms with E-state index in [1.54, 1.807) is 0 Å². The zero-order valence-electron chi connectivity index (χ0n) is 28.6. The number of ether oxygens (including phenoxy) is 1. The SMILES string of the molecule is CCc1nc2cccc3c2n1-c1c(cccc1-c1ccc2c(-c4cccc5ccccc45)c4ccccc4c(-c4cccc5ccccc45)c2c1)O3. The standard InChI is InChI=1S/C49H32N2O/c1-2-45-50-42-24-12-26-44-49(42)51(45)48-35(21-11-25-43(48)52-44)32-27-28-40-41(29-32)47(37-23-10-16-31-14-4-6-18-34(31)37)39-20-8-7-19-38(39)46(40)36-22-9-15-30-13-3-5-17-33(30)36/h3-29H,2H2,1H3. The Hall–Kier alpha value is -6.71. The van der Waals surface area contributed by atoms with Crippen molar-refractivity contribution in [2.45, 2.75) is 13.3 Å². The third-order valence-corrected chi connectivity index (χ3v) is 10.9. The quantitative estimate of drug-likeness (QED) is 0.175. The Kier molecular flexibility index (Phi) is 6.23. The van der Waals surface area contributed by atoms with Gasteiger partial charge in [-0.2, -0.15) is 0 Å². The Morgan fingerprint density at radius 2 is 1.02 bits per heavy atom. The molecular weight excluding hydrogens is 633 g/mol. The minimum atomic E-state index is 0.811. The van der Waals surface area contributed by atoms with Crippen molar-refractivity contribution in [3.63, 3.8) is 0 Å². The number of aryl methyl sites for hydroxylation is 1. The van der Waals surface area contributed by atoms with Crippen LogP contribution >= 0.6 is 0 Å². The van der Waals surface area contributed by atoms with E-state index in [0.717, 1.165) is 51.6 Å². The van der Waals surface area contributed by atoms with Crippen LogP contribution in [0.3, 0.4) is 0 Å². The van der Waals surface area contributed by atoms with Gasteiger partial charge < -0.3 is 4.74 Å². The molecule has 0 unspecified atom stereocenters. The van der Waals surface area contributed by atoms with Crippen molar-refractivity contribution in [2.24, 2.45) is 0 Å². The van der Waals surface area contributed by atoms with Crippen LogP contribution in [-0.2, 0) is 6.42 Å². The molecule has 1 aromatic heterocycles. The largest absolute Gasteiger partial charge is 0.453 e. The summed E-state index contributed by atoms with van der Waals surface area (Å²) in [5.74, 6) is 2.72. The van der Waals surface area contributed by atoms with E-state index in [4.69, 9.17) is 9.72 Å². The molecule has 1 aliphatic rings. The molecule has 9 aromatic carbocycles. The lowest BCUT2D eigenvalue weighted by atomic mass is 9.82. The highest BCUT2D eigenvalue weighted by atomic mass is 16.5. The molecule has 2 heterocycles. The van der Waals surface area contributed by atoms with Gasteiger partial charge in [-0.05, 0) is 95.2 Å². The van der Waals surface area contributed by atoms with Crippen LogP contribution in [0.2, 0.25) is 0 Å². The van der Waals surface area contributed by atoms with Crippen molar-refractivity contribution >= 4 is 54.1 Å². The number of hydrogen-bond acceptors (Lipinski definition) is 2. The van der Waals surface area contributed by atoms with Gasteiger partial charge in [-0.3, -0.25) is 4.57 Å². The van der Waals surface area contributed by atoms with E-state index in [0.29, 0.717) is 0 Å². The van der Waals surface area contributed by atoms with E-state index in [1.807, 2.05) is 12.1 Å². The van der Waals surface area contributed by atoms with Gasteiger partial charge in [0.25, 0.3) is 0 Å². The molecule has 0 N–H and O–H groups in total. The normalized spacial score (nSPS) is 12.2. The summed E-state index contributed by atoms with van der Waals surface area (Å²) in [4.78, 5) is 5.06. The summed E-state index contributed by atoms with van der Waals surface area (Å²) in [6.45, 7) is 2.18. The second kappa shape index (κ2) is 11.1. The second-order valence-electron chi connectivity index (χ2n) is 13.7. The number of nitrogens with zero attached hydrogens (tertiary/aromatic N) is 2. The van der Waals surface area contributed by atoms with E-state index in [1.165, 1.54) is 65.3 Å². The molecular formula is C49H32N2O. The Bertz CT molecular complexity index is 3090. The molecule has 0 saturated heterocycles. The zero-order valence-corrected chi connectivity index (χ0v) is 28.6. The fourth-order valence-electron chi connectivity index (χ4n) is 8.70. The molecule has 0 aliphatic carbocycles.